The molecule has 1 aliphatic rings. The van der Waals surface area contributed by atoms with Crippen LogP contribution in [0.2, 0.25) is 0 Å². The molecule has 1 saturated heterocycles. The number of rotatable bonds is 5. The normalized spacial score (nSPS) is 17.7. The molecular weight excluding hydrogens is 328 g/mol. The minimum atomic E-state index is -0.196. The van der Waals surface area contributed by atoms with Crippen LogP contribution < -0.4 is 10.6 Å². The number of hydrogen-bond donors (Lipinski definition) is 3. The molecule has 0 bridgehead atoms. The number of aryl methyl sites for hydroxylation is 1. The first-order valence-electron chi connectivity index (χ1n) is 9.11. The lowest BCUT2D eigenvalue weighted by Crippen LogP contribution is -2.47. The molecule has 6 nitrogen and oxygen atoms in total. The van der Waals surface area contributed by atoms with Crippen LogP contribution in [-0.2, 0) is 6.54 Å². The molecule has 2 aromatic rings. The van der Waals surface area contributed by atoms with Crippen LogP contribution in [0.25, 0.3) is 0 Å². The molecule has 26 heavy (non-hydrogen) atoms. The van der Waals surface area contributed by atoms with Crippen LogP contribution in [0.3, 0.4) is 0 Å². The minimum Gasteiger partial charge on any atom is -0.506 e. The monoisotopic (exact) mass is 354 g/mol. The Morgan fingerprint density at radius 1 is 1.23 bits per heavy atom. The first kappa shape index (κ1) is 18.2. The standard InChI is InChI=1S/C20H26N4O2/c1-15-10-11-19(25)18(22-15)14-24-12-6-5-9-17(24)13-21-20(26)23-16-7-3-2-4-8-16/h2-4,7-8,10-11,17,25H,5-6,9,12-14H2,1H3,(H2,21,23,26). The zero-order valence-corrected chi connectivity index (χ0v) is 15.1. The molecule has 1 fully saturated rings. The molecule has 1 atom stereocenters. The number of pyridine rings is 1. The van der Waals surface area contributed by atoms with Crippen molar-refractivity contribution in [2.45, 2.75) is 38.8 Å². The summed E-state index contributed by atoms with van der Waals surface area (Å²) in [5, 5.41) is 15.9. The first-order valence-corrected chi connectivity index (χ1v) is 9.11. The number of carbonyl (C=O) groups excluding carboxylic acids is 1. The highest BCUT2D eigenvalue weighted by Gasteiger charge is 2.24. The van der Waals surface area contributed by atoms with Gasteiger partial charge in [-0.05, 0) is 50.6 Å². The van der Waals surface area contributed by atoms with Crippen molar-refractivity contribution in [3.8, 4) is 5.75 Å². The number of nitrogens with zero attached hydrogens (tertiary/aromatic N) is 2. The zero-order valence-electron chi connectivity index (χ0n) is 15.1. The van der Waals surface area contributed by atoms with Gasteiger partial charge >= 0.3 is 6.03 Å². The van der Waals surface area contributed by atoms with E-state index < -0.39 is 0 Å². The van der Waals surface area contributed by atoms with E-state index in [4.69, 9.17) is 0 Å². The minimum absolute atomic E-state index is 0.196. The van der Waals surface area contributed by atoms with E-state index in [9.17, 15) is 9.90 Å². The summed E-state index contributed by atoms with van der Waals surface area (Å²) in [6.07, 6.45) is 3.30. The summed E-state index contributed by atoms with van der Waals surface area (Å²) >= 11 is 0. The van der Waals surface area contributed by atoms with Gasteiger partial charge in [-0.25, -0.2) is 4.79 Å². The molecule has 1 unspecified atom stereocenters. The number of aromatic nitrogens is 1. The molecule has 138 valence electrons. The number of para-hydroxylation sites is 1. The van der Waals surface area contributed by atoms with E-state index in [2.05, 4.69) is 20.5 Å². The summed E-state index contributed by atoms with van der Waals surface area (Å²) in [5.41, 5.74) is 2.37. The number of nitrogens with one attached hydrogen (secondary N) is 2. The van der Waals surface area contributed by atoms with E-state index in [1.54, 1.807) is 6.07 Å². The summed E-state index contributed by atoms with van der Waals surface area (Å²) in [4.78, 5) is 18.9. The van der Waals surface area contributed by atoms with E-state index >= 15 is 0 Å². The van der Waals surface area contributed by atoms with Crippen LogP contribution in [0, 0.1) is 6.92 Å². The maximum Gasteiger partial charge on any atom is 0.319 e. The number of hydrogen-bond acceptors (Lipinski definition) is 4. The van der Waals surface area contributed by atoms with Gasteiger partial charge in [-0.2, -0.15) is 0 Å². The van der Waals surface area contributed by atoms with Crippen molar-refractivity contribution in [2.24, 2.45) is 0 Å². The number of anilines is 1. The van der Waals surface area contributed by atoms with Crippen molar-refractivity contribution in [1.29, 1.82) is 0 Å². The van der Waals surface area contributed by atoms with Crippen molar-refractivity contribution in [2.75, 3.05) is 18.4 Å². The highest BCUT2D eigenvalue weighted by molar-refractivity contribution is 5.89. The predicted molar refractivity (Wildman–Crippen MR) is 102 cm³/mol. The van der Waals surface area contributed by atoms with Gasteiger partial charge in [0.25, 0.3) is 0 Å². The molecule has 2 amide bonds. The van der Waals surface area contributed by atoms with Gasteiger partial charge in [0.15, 0.2) is 0 Å². The number of piperidine rings is 1. The molecule has 1 aromatic heterocycles. The van der Waals surface area contributed by atoms with Crippen LogP contribution in [0.1, 0.15) is 30.7 Å². The second kappa shape index (κ2) is 8.67. The smallest absolute Gasteiger partial charge is 0.319 e. The van der Waals surface area contributed by atoms with Gasteiger partial charge in [0.1, 0.15) is 5.75 Å². The highest BCUT2D eigenvalue weighted by atomic mass is 16.3. The SMILES string of the molecule is Cc1ccc(O)c(CN2CCCCC2CNC(=O)Nc2ccccc2)n1. The molecule has 2 heterocycles. The van der Waals surface area contributed by atoms with Gasteiger partial charge in [-0.15, -0.1) is 0 Å². The molecule has 3 N–H and O–H groups in total. The molecule has 0 aliphatic carbocycles. The number of benzene rings is 1. The second-order valence-electron chi connectivity index (χ2n) is 6.74. The Morgan fingerprint density at radius 2 is 2.04 bits per heavy atom. The van der Waals surface area contributed by atoms with Crippen molar-refractivity contribution >= 4 is 11.7 Å². The Balaban J connectivity index is 1.56. The Bertz CT molecular complexity index is 736. The molecule has 1 aromatic carbocycles. The van der Waals surface area contributed by atoms with Gasteiger partial charge < -0.3 is 15.7 Å². The van der Waals surface area contributed by atoms with E-state index in [0.29, 0.717) is 18.8 Å². The van der Waals surface area contributed by atoms with Gasteiger partial charge in [-0.1, -0.05) is 24.6 Å². The van der Waals surface area contributed by atoms with Gasteiger partial charge in [0.2, 0.25) is 0 Å². The lowest BCUT2D eigenvalue weighted by atomic mass is 10.0. The number of likely N-dealkylation sites (tertiary alicyclic amines) is 1. The van der Waals surface area contributed by atoms with E-state index in [1.165, 1.54) is 0 Å². The lowest BCUT2D eigenvalue weighted by molar-refractivity contribution is 0.136. The average molecular weight is 354 g/mol. The Hall–Kier alpha value is -2.60. The van der Waals surface area contributed by atoms with Crippen LogP contribution in [0.15, 0.2) is 42.5 Å². The molecule has 1 aliphatic heterocycles. The molecular formula is C20H26N4O2. The Labute approximate surface area is 154 Å². The number of carbonyl (C=O) groups is 1. The predicted octanol–water partition coefficient (Wildman–Crippen LogP) is 3.27. The maximum atomic E-state index is 12.1. The van der Waals surface area contributed by atoms with Gasteiger partial charge in [-0.3, -0.25) is 9.88 Å². The third-order valence-corrected chi connectivity index (χ3v) is 4.72. The van der Waals surface area contributed by atoms with E-state index in [1.807, 2.05) is 43.3 Å². The molecule has 0 saturated carbocycles. The Morgan fingerprint density at radius 3 is 2.85 bits per heavy atom. The average Bonchev–Trinajstić information content (AvgIpc) is 2.65. The third-order valence-electron chi connectivity index (χ3n) is 4.72. The number of amides is 2. The van der Waals surface area contributed by atoms with E-state index in [0.717, 1.165) is 37.2 Å². The van der Waals surface area contributed by atoms with Crippen molar-refractivity contribution in [3.63, 3.8) is 0 Å². The summed E-state index contributed by atoms with van der Waals surface area (Å²) in [6.45, 7) is 4.04. The topological polar surface area (TPSA) is 77.5 Å². The quantitative estimate of drug-likeness (QED) is 0.770. The second-order valence-corrected chi connectivity index (χ2v) is 6.74. The fraction of sp³-hybridized carbons (Fsp3) is 0.400. The first-order chi connectivity index (χ1) is 12.6. The highest BCUT2D eigenvalue weighted by Crippen LogP contribution is 2.22. The summed E-state index contributed by atoms with van der Waals surface area (Å²) in [6, 6.07) is 13.0. The summed E-state index contributed by atoms with van der Waals surface area (Å²) in [5.74, 6) is 0.231. The largest absolute Gasteiger partial charge is 0.506 e. The fourth-order valence-electron chi connectivity index (χ4n) is 3.32. The molecule has 0 radical (unpaired) electrons. The Kier molecular flexibility index (Phi) is 6.07. The zero-order chi connectivity index (χ0) is 18.4. The molecule has 3 rings (SSSR count). The molecule has 0 spiro atoms. The molecule has 6 heteroatoms. The fourth-order valence-corrected chi connectivity index (χ4v) is 3.32. The van der Waals surface area contributed by atoms with Crippen LogP contribution >= 0.6 is 0 Å². The maximum absolute atomic E-state index is 12.1. The van der Waals surface area contributed by atoms with Crippen LogP contribution in [-0.4, -0.2) is 40.2 Å². The number of aromatic hydroxyl groups is 1. The van der Waals surface area contributed by atoms with Gasteiger partial charge in [0.05, 0.1) is 5.69 Å². The lowest BCUT2D eigenvalue weighted by Gasteiger charge is -2.35. The van der Waals surface area contributed by atoms with E-state index in [-0.39, 0.29) is 17.8 Å². The van der Waals surface area contributed by atoms with Crippen LogP contribution in [0.4, 0.5) is 10.5 Å². The van der Waals surface area contributed by atoms with Crippen molar-refractivity contribution in [3.05, 3.63) is 53.9 Å². The van der Waals surface area contributed by atoms with Gasteiger partial charge in [0, 0.05) is 30.5 Å². The van der Waals surface area contributed by atoms with Crippen molar-refractivity contribution < 1.29 is 9.90 Å². The van der Waals surface area contributed by atoms with Crippen LogP contribution in [0.5, 0.6) is 5.75 Å². The number of urea groups is 1. The summed E-state index contributed by atoms with van der Waals surface area (Å²) < 4.78 is 0. The van der Waals surface area contributed by atoms with Crippen molar-refractivity contribution in [1.82, 2.24) is 15.2 Å². The summed E-state index contributed by atoms with van der Waals surface area (Å²) in [7, 11) is 0. The third kappa shape index (κ3) is 4.95.